The van der Waals surface area contributed by atoms with Crippen LogP contribution in [0.1, 0.15) is 0 Å². The molecule has 0 bridgehead atoms. The highest BCUT2D eigenvalue weighted by atomic mass is 16.8. The quantitative estimate of drug-likeness (QED) is 0.113. The number of aliphatic hydroxyl groups excluding tert-OH is 7. The van der Waals surface area contributed by atoms with E-state index in [0.29, 0.717) is 0 Å². The smallest absolute Gasteiger partial charge is 0.269 e. The molecule has 16 nitrogen and oxygen atoms in total. The molecule has 0 radical (unpaired) electrons. The molecular formula is C21H29NO15. The lowest BCUT2D eigenvalue weighted by molar-refractivity contribution is -0.384. The Labute approximate surface area is 209 Å². The van der Waals surface area contributed by atoms with Crippen molar-refractivity contribution in [3.63, 3.8) is 0 Å². The number of rotatable bonds is 10. The molecule has 3 aliphatic heterocycles. The number of ether oxygens (including phenoxy) is 6. The van der Waals surface area contributed by atoms with Gasteiger partial charge < -0.3 is 64.2 Å². The van der Waals surface area contributed by atoms with Crippen molar-refractivity contribution in [3.8, 4) is 5.75 Å². The highest BCUT2D eigenvalue weighted by Gasteiger charge is 2.52. The van der Waals surface area contributed by atoms with Crippen molar-refractivity contribution in [1.82, 2.24) is 0 Å². The number of nitrogens with zero attached hydrogens (tertiary/aromatic N) is 1. The van der Waals surface area contributed by atoms with Crippen molar-refractivity contribution in [2.45, 2.75) is 73.8 Å². The second kappa shape index (κ2) is 11.8. The maximum atomic E-state index is 10.9. The van der Waals surface area contributed by atoms with Gasteiger partial charge in [-0.15, -0.1) is 0 Å². The van der Waals surface area contributed by atoms with Gasteiger partial charge in [-0.05, 0) is 12.1 Å². The van der Waals surface area contributed by atoms with Gasteiger partial charge in [0.05, 0.1) is 24.7 Å². The van der Waals surface area contributed by atoms with Crippen molar-refractivity contribution < 1.29 is 69.1 Å². The zero-order valence-corrected chi connectivity index (χ0v) is 19.2. The first kappa shape index (κ1) is 28.0. The van der Waals surface area contributed by atoms with Crippen molar-refractivity contribution in [1.29, 1.82) is 0 Å². The van der Waals surface area contributed by atoms with Crippen molar-refractivity contribution >= 4 is 5.69 Å². The van der Waals surface area contributed by atoms with Crippen molar-refractivity contribution in [2.75, 3.05) is 19.8 Å². The molecule has 0 spiro atoms. The fourth-order valence-electron chi connectivity index (χ4n) is 4.19. The van der Waals surface area contributed by atoms with Crippen LogP contribution in [0.5, 0.6) is 5.75 Å². The maximum Gasteiger partial charge on any atom is 0.269 e. The van der Waals surface area contributed by atoms with E-state index in [2.05, 4.69) is 0 Å². The summed E-state index contributed by atoms with van der Waals surface area (Å²) in [6.07, 6.45) is -16.3. The average Bonchev–Trinajstić information content (AvgIpc) is 3.44. The summed E-state index contributed by atoms with van der Waals surface area (Å²) in [5.74, 6) is 0.114. The molecule has 1 aromatic carbocycles. The third-order valence-electron chi connectivity index (χ3n) is 6.31. The Morgan fingerprint density at radius 2 is 1.30 bits per heavy atom. The van der Waals surface area contributed by atoms with E-state index < -0.39 is 98.5 Å². The lowest BCUT2D eigenvalue weighted by Crippen LogP contribution is -2.44. The van der Waals surface area contributed by atoms with Crippen LogP contribution < -0.4 is 4.74 Å². The van der Waals surface area contributed by atoms with Crippen LogP contribution in [0.25, 0.3) is 0 Å². The first-order valence-electron chi connectivity index (χ1n) is 11.4. The molecule has 3 heterocycles. The number of hydrogen-bond donors (Lipinski definition) is 7. The molecule has 0 aromatic heterocycles. The Hall–Kier alpha value is -2.06. The molecule has 37 heavy (non-hydrogen) atoms. The second-order valence-electron chi connectivity index (χ2n) is 8.75. The van der Waals surface area contributed by atoms with E-state index >= 15 is 0 Å². The summed E-state index contributed by atoms with van der Waals surface area (Å²) in [5, 5.41) is 80.5. The average molecular weight is 535 g/mol. The number of benzene rings is 1. The van der Waals surface area contributed by atoms with Gasteiger partial charge in [-0.1, -0.05) is 0 Å². The summed E-state index contributed by atoms with van der Waals surface area (Å²) in [6, 6.07) is 4.95. The number of hydrogen-bond acceptors (Lipinski definition) is 15. The summed E-state index contributed by atoms with van der Waals surface area (Å²) in [4.78, 5) is 10.3. The van der Waals surface area contributed by atoms with Crippen LogP contribution in [0.3, 0.4) is 0 Å². The van der Waals surface area contributed by atoms with Gasteiger partial charge in [0.2, 0.25) is 6.29 Å². The molecule has 12 atom stereocenters. The van der Waals surface area contributed by atoms with Crippen LogP contribution in [0, 0.1) is 10.1 Å². The van der Waals surface area contributed by atoms with E-state index in [1.807, 2.05) is 0 Å². The first-order chi connectivity index (χ1) is 17.6. The number of non-ortho nitro benzene ring substituents is 1. The Morgan fingerprint density at radius 1 is 0.757 bits per heavy atom. The predicted octanol–water partition coefficient (Wildman–Crippen LogP) is -3.66. The van der Waals surface area contributed by atoms with E-state index in [1.165, 1.54) is 24.3 Å². The molecule has 16 heteroatoms. The lowest BCUT2D eigenvalue weighted by atomic mass is 10.1. The SMILES string of the molecule is O=[N+]([O-])c1ccc(O[C@@H]2O[C@@H](CO[C@@H]3O[C@@H](CO)[C@H](O)[C@H]3O)[C@H](O)[C@H]2O[C@@H]2O[C@@H](CO)[C@H](O)[C@H]2O)cc1. The summed E-state index contributed by atoms with van der Waals surface area (Å²) in [6.45, 7) is -1.57. The Bertz CT molecular complexity index is 904. The van der Waals surface area contributed by atoms with Gasteiger partial charge in [0.15, 0.2) is 18.7 Å². The molecule has 3 aliphatic rings. The molecule has 1 aromatic rings. The van der Waals surface area contributed by atoms with E-state index in [0.717, 1.165) is 0 Å². The molecule has 0 aliphatic carbocycles. The molecule has 3 saturated heterocycles. The molecule has 208 valence electrons. The first-order valence-corrected chi connectivity index (χ1v) is 11.4. The van der Waals surface area contributed by atoms with Gasteiger partial charge in [0.1, 0.15) is 54.6 Å². The molecular weight excluding hydrogens is 506 g/mol. The molecule has 0 amide bonds. The normalized spacial score (nSPS) is 41.8. The zero-order chi connectivity index (χ0) is 26.9. The van der Waals surface area contributed by atoms with Gasteiger partial charge in [-0.25, -0.2) is 0 Å². The Morgan fingerprint density at radius 3 is 1.84 bits per heavy atom. The van der Waals surface area contributed by atoms with Crippen molar-refractivity contribution in [3.05, 3.63) is 34.4 Å². The minimum absolute atomic E-state index is 0.114. The van der Waals surface area contributed by atoms with Gasteiger partial charge in [-0.2, -0.15) is 0 Å². The fourth-order valence-corrected chi connectivity index (χ4v) is 4.19. The van der Waals surface area contributed by atoms with Crippen LogP contribution in [0.4, 0.5) is 5.69 Å². The fraction of sp³-hybridized carbons (Fsp3) is 0.714. The molecule has 7 N–H and O–H groups in total. The standard InChI is InChI=1S/C21H29NO15/c23-5-10-13(25)16(28)19(34-10)32-7-12-15(27)18(37-20-17(29)14(26)11(6-24)35-20)21(36-12)33-9-3-1-8(2-4-9)22(30)31/h1-4,10-21,23-29H,5-7H2/t10-,11-,12-,13-,14-,15-,16+,17+,18+,19+,20-,21+/m0/s1. The lowest BCUT2D eigenvalue weighted by Gasteiger charge is -2.26. The topological polar surface area (TPSA) is 240 Å². The molecule has 4 rings (SSSR count). The maximum absolute atomic E-state index is 10.9. The number of nitro benzene ring substituents is 1. The van der Waals surface area contributed by atoms with E-state index in [1.54, 1.807) is 0 Å². The van der Waals surface area contributed by atoms with E-state index in [-0.39, 0.29) is 11.4 Å². The predicted molar refractivity (Wildman–Crippen MR) is 115 cm³/mol. The number of nitro groups is 1. The number of aliphatic hydroxyl groups is 7. The van der Waals surface area contributed by atoms with Crippen LogP contribution in [-0.2, 0) is 23.7 Å². The van der Waals surface area contributed by atoms with E-state index in [9.17, 15) is 45.9 Å². The van der Waals surface area contributed by atoms with Crippen LogP contribution in [0.2, 0.25) is 0 Å². The second-order valence-corrected chi connectivity index (χ2v) is 8.75. The molecule has 0 saturated carbocycles. The van der Waals surface area contributed by atoms with Gasteiger partial charge in [0.25, 0.3) is 5.69 Å². The third kappa shape index (κ3) is 5.85. The van der Waals surface area contributed by atoms with Gasteiger partial charge in [0, 0.05) is 12.1 Å². The minimum atomic E-state index is -1.57. The van der Waals surface area contributed by atoms with E-state index in [4.69, 9.17) is 28.4 Å². The summed E-state index contributed by atoms with van der Waals surface area (Å²) in [7, 11) is 0. The monoisotopic (exact) mass is 535 g/mol. The molecule has 0 unspecified atom stereocenters. The molecule has 3 fully saturated rings. The largest absolute Gasteiger partial charge is 0.462 e. The van der Waals surface area contributed by atoms with Gasteiger partial charge in [-0.3, -0.25) is 10.1 Å². The highest BCUT2D eigenvalue weighted by Crippen LogP contribution is 2.33. The Balaban J connectivity index is 1.46. The summed E-state index contributed by atoms with van der Waals surface area (Å²) in [5.41, 5.74) is -0.191. The van der Waals surface area contributed by atoms with Crippen LogP contribution in [-0.4, -0.2) is 134 Å². The van der Waals surface area contributed by atoms with Crippen LogP contribution >= 0.6 is 0 Å². The zero-order valence-electron chi connectivity index (χ0n) is 19.2. The summed E-state index contributed by atoms with van der Waals surface area (Å²) < 4.78 is 33.1. The highest BCUT2D eigenvalue weighted by molar-refractivity contribution is 5.36. The Kier molecular flexibility index (Phi) is 8.89. The minimum Gasteiger partial charge on any atom is -0.462 e. The summed E-state index contributed by atoms with van der Waals surface area (Å²) >= 11 is 0. The van der Waals surface area contributed by atoms with Gasteiger partial charge >= 0.3 is 0 Å². The van der Waals surface area contributed by atoms with Crippen LogP contribution in [0.15, 0.2) is 24.3 Å². The third-order valence-corrected chi connectivity index (χ3v) is 6.31. The van der Waals surface area contributed by atoms with Crippen molar-refractivity contribution in [2.24, 2.45) is 0 Å².